The maximum absolute atomic E-state index is 12.1. The molecule has 4 nitrogen and oxygen atoms in total. The average Bonchev–Trinajstić information content (AvgIpc) is 2.87. The SMILES string of the molecule is CCCc1nnsc1C(=O)c1occc1Br. The normalized spacial score (nSPS) is 10.6. The van der Waals surface area contributed by atoms with Gasteiger partial charge in [0.1, 0.15) is 4.88 Å². The molecule has 0 aliphatic carbocycles. The fourth-order valence-electron chi connectivity index (χ4n) is 1.34. The van der Waals surface area contributed by atoms with Crippen LogP contribution >= 0.6 is 27.5 Å². The van der Waals surface area contributed by atoms with Gasteiger partial charge in [0.25, 0.3) is 0 Å². The quantitative estimate of drug-likeness (QED) is 0.814. The Labute approximate surface area is 105 Å². The van der Waals surface area contributed by atoms with E-state index in [0.717, 1.165) is 30.1 Å². The molecule has 0 radical (unpaired) electrons. The fraction of sp³-hybridized carbons (Fsp3) is 0.300. The average molecular weight is 301 g/mol. The van der Waals surface area contributed by atoms with Crippen molar-refractivity contribution in [2.45, 2.75) is 19.8 Å². The second kappa shape index (κ2) is 4.88. The van der Waals surface area contributed by atoms with Gasteiger partial charge in [-0.2, -0.15) is 0 Å². The summed E-state index contributed by atoms with van der Waals surface area (Å²) in [6, 6.07) is 1.70. The highest BCUT2D eigenvalue weighted by atomic mass is 79.9. The maximum atomic E-state index is 12.1. The standard InChI is InChI=1S/C10H9BrN2O2S/c1-2-3-7-10(16-13-12-7)8(14)9-6(11)4-5-15-9/h4-5H,2-3H2,1H3. The lowest BCUT2D eigenvalue weighted by atomic mass is 10.1. The van der Waals surface area contributed by atoms with Crippen molar-refractivity contribution in [3.8, 4) is 0 Å². The van der Waals surface area contributed by atoms with Gasteiger partial charge in [-0.1, -0.05) is 17.8 Å². The molecule has 6 heteroatoms. The molecule has 0 aliphatic rings. The van der Waals surface area contributed by atoms with Crippen molar-refractivity contribution in [3.63, 3.8) is 0 Å². The lowest BCUT2D eigenvalue weighted by molar-refractivity contribution is 0.101. The zero-order chi connectivity index (χ0) is 11.5. The van der Waals surface area contributed by atoms with Crippen molar-refractivity contribution < 1.29 is 9.21 Å². The molecular weight excluding hydrogens is 292 g/mol. The molecule has 0 fully saturated rings. The van der Waals surface area contributed by atoms with Gasteiger partial charge in [-0.15, -0.1) is 5.10 Å². The summed E-state index contributed by atoms with van der Waals surface area (Å²) >= 11 is 4.38. The minimum absolute atomic E-state index is 0.157. The van der Waals surface area contributed by atoms with Crippen LogP contribution in [0, 0.1) is 0 Å². The third-order valence-electron chi connectivity index (χ3n) is 2.07. The molecule has 0 saturated carbocycles. The first-order valence-corrected chi connectivity index (χ1v) is 6.39. The minimum Gasteiger partial charge on any atom is -0.460 e. The Kier molecular flexibility index (Phi) is 3.50. The minimum atomic E-state index is -0.157. The molecule has 16 heavy (non-hydrogen) atoms. The van der Waals surface area contributed by atoms with Crippen LogP contribution < -0.4 is 0 Å². The zero-order valence-electron chi connectivity index (χ0n) is 8.57. The van der Waals surface area contributed by atoms with E-state index < -0.39 is 0 Å². The molecule has 0 saturated heterocycles. The Morgan fingerprint density at radius 3 is 3.06 bits per heavy atom. The Morgan fingerprint density at radius 1 is 1.62 bits per heavy atom. The van der Waals surface area contributed by atoms with E-state index in [1.54, 1.807) is 6.07 Å². The lowest BCUT2D eigenvalue weighted by Crippen LogP contribution is -2.02. The monoisotopic (exact) mass is 300 g/mol. The second-order valence-corrected chi connectivity index (χ2v) is 4.83. The van der Waals surface area contributed by atoms with Gasteiger partial charge in [-0.25, -0.2) is 0 Å². The molecule has 0 bridgehead atoms. The smallest absolute Gasteiger partial charge is 0.242 e. The number of hydrogen-bond acceptors (Lipinski definition) is 5. The number of aryl methyl sites for hydroxylation is 1. The largest absolute Gasteiger partial charge is 0.460 e. The highest BCUT2D eigenvalue weighted by Crippen LogP contribution is 2.24. The molecule has 2 rings (SSSR count). The molecular formula is C10H9BrN2O2S. The highest BCUT2D eigenvalue weighted by molar-refractivity contribution is 9.10. The Hall–Kier alpha value is -1.01. The van der Waals surface area contributed by atoms with Crippen LogP contribution in [0.3, 0.4) is 0 Å². The van der Waals surface area contributed by atoms with Gasteiger partial charge in [-0.05, 0) is 39.9 Å². The van der Waals surface area contributed by atoms with Crippen molar-refractivity contribution in [3.05, 3.63) is 33.1 Å². The predicted octanol–water partition coefficient (Wildman–Crippen LogP) is 3.08. The van der Waals surface area contributed by atoms with Crippen molar-refractivity contribution in [2.24, 2.45) is 0 Å². The first-order valence-electron chi connectivity index (χ1n) is 4.83. The number of hydrogen-bond donors (Lipinski definition) is 0. The fourth-order valence-corrected chi connectivity index (χ4v) is 2.37. The molecule has 2 aromatic rings. The van der Waals surface area contributed by atoms with E-state index in [2.05, 4.69) is 25.5 Å². The molecule has 0 atom stereocenters. The number of furan rings is 1. The van der Waals surface area contributed by atoms with E-state index in [4.69, 9.17) is 4.42 Å². The van der Waals surface area contributed by atoms with Gasteiger partial charge in [0.05, 0.1) is 16.4 Å². The Morgan fingerprint density at radius 2 is 2.44 bits per heavy atom. The van der Waals surface area contributed by atoms with Gasteiger partial charge in [0.15, 0.2) is 5.76 Å². The molecule has 2 heterocycles. The van der Waals surface area contributed by atoms with E-state index in [1.165, 1.54) is 6.26 Å². The van der Waals surface area contributed by atoms with E-state index in [1.807, 2.05) is 6.92 Å². The summed E-state index contributed by atoms with van der Waals surface area (Å²) < 4.78 is 9.61. The number of nitrogens with zero attached hydrogens (tertiary/aromatic N) is 2. The van der Waals surface area contributed by atoms with E-state index >= 15 is 0 Å². The zero-order valence-corrected chi connectivity index (χ0v) is 11.0. The molecule has 0 aliphatic heterocycles. The number of ketones is 1. The van der Waals surface area contributed by atoms with Crippen LogP contribution in [-0.4, -0.2) is 15.4 Å². The molecule has 0 unspecified atom stereocenters. The maximum Gasteiger partial charge on any atom is 0.242 e. The molecule has 0 amide bonds. The lowest BCUT2D eigenvalue weighted by Gasteiger charge is -1.96. The number of carbonyl (C=O) groups is 1. The van der Waals surface area contributed by atoms with Crippen LogP contribution in [0.2, 0.25) is 0 Å². The number of rotatable bonds is 4. The van der Waals surface area contributed by atoms with Crippen LogP contribution in [0.25, 0.3) is 0 Å². The van der Waals surface area contributed by atoms with Gasteiger partial charge < -0.3 is 4.42 Å². The first-order chi connectivity index (χ1) is 7.74. The van der Waals surface area contributed by atoms with E-state index in [0.29, 0.717) is 15.1 Å². The number of carbonyl (C=O) groups excluding carboxylic acids is 1. The summed E-state index contributed by atoms with van der Waals surface area (Å²) in [7, 11) is 0. The molecule has 0 N–H and O–H groups in total. The number of halogens is 1. The predicted molar refractivity (Wildman–Crippen MR) is 63.7 cm³/mol. The second-order valence-electron chi connectivity index (χ2n) is 3.23. The summed E-state index contributed by atoms with van der Waals surface area (Å²) in [5.41, 5.74) is 0.751. The van der Waals surface area contributed by atoms with Crippen LogP contribution in [-0.2, 0) is 6.42 Å². The summed E-state index contributed by atoms with van der Waals surface area (Å²) in [4.78, 5) is 12.7. The topological polar surface area (TPSA) is 56.0 Å². The molecule has 0 spiro atoms. The third-order valence-corrected chi connectivity index (χ3v) is 3.46. The summed E-state index contributed by atoms with van der Waals surface area (Å²) in [5, 5.41) is 3.96. The van der Waals surface area contributed by atoms with Gasteiger partial charge in [0.2, 0.25) is 5.78 Å². The molecule has 84 valence electrons. The van der Waals surface area contributed by atoms with E-state index in [9.17, 15) is 4.79 Å². The number of aromatic nitrogens is 2. The van der Waals surface area contributed by atoms with Gasteiger partial charge in [0, 0.05) is 0 Å². The van der Waals surface area contributed by atoms with Crippen LogP contribution in [0.5, 0.6) is 0 Å². The van der Waals surface area contributed by atoms with Crippen molar-refractivity contribution in [1.82, 2.24) is 9.59 Å². The summed E-state index contributed by atoms with van der Waals surface area (Å²) in [6.45, 7) is 2.04. The van der Waals surface area contributed by atoms with Gasteiger partial charge >= 0.3 is 0 Å². The highest BCUT2D eigenvalue weighted by Gasteiger charge is 2.22. The first kappa shape index (κ1) is 11.5. The van der Waals surface area contributed by atoms with Crippen LogP contribution in [0.1, 0.15) is 34.5 Å². The van der Waals surface area contributed by atoms with Gasteiger partial charge in [-0.3, -0.25) is 4.79 Å². The Bertz CT molecular complexity index is 506. The third kappa shape index (κ3) is 2.08. The molecule has 2 aromatic heterocycles. The van der Waals surface area contributed by atoms with Crippen LogP contribution in [0.15, 0.2) is 21.2 Å². The van der Waals surface area contributed by atoms with E-state index in [-0.39, 0.29) is 5.78 Å². The Balaban J connectivity index is 2.34. The molecule has 0 aromatic carbocycles. The summed E-state index contributed by atoms with van der Waals surface area (Å²) in [5.74, 6) is 0.152. The van der Waals surface area contributed by atoms with Crippen molar-refractivity contribution >= 4 is 33.2 Å². The van der Waals surface area contributed by atoms with Crippen LogP contribution in [0.4, 0.5) is 0 Å². The van der Waals surface area contributed by atoms with Crippen molar-refractivity contribution in [1.29, 1.82) is 0 Å². The van der Waals surface area contributed by atoms with Crippen molar-refractivity contribution in [2.75, 3.05) is 0 Å². The summed E-state index contributed by atoms with van der Waals surface area (Å²) in [6.07, 6.45) is 3.17.